The van der Waals surface area contributed by atoms with Gasteiger partial charge in [0.2, 0.25) is 11.7 Å². The SMILES string of the molecule is C/C=C\C=C\C1OC(O)([C@H](CC)C(=O)NC/C=C/C=C(\C)[C@@H](OC)[C@@H](C)C2OC(/C=C/C=C/C=C(\C)C(O)=C3C(=O)CCNC3=O)[C@H](O)[C@@H]2O)C(O)C(O)C1(C)C. The molecule has 14 heteroatoms. The number of allylic oxidation sites excluding steroid dienone is 10. The number of aliphatic hydroxyl groups is 6. The Morgan fingerprint density at radius 2 is 1.68 bits per heavy atom. The fraction of sp³-hybridized carbons (Fsp3) is 0.558. The first-order valence-electron chi connectivity index (χ1n) is 19.4. The van der Waals surface area contributed by atoms with Crippen LogP contribution in [0.5, 0.6) is 0 Å². The number of nitrogens with one attached hydrogen (secondary N) is 2. The summed E-state index contributed by atoms with van der Waals surface area (Å²) < 4.78 is 17.8. The van der Waals surface area contributed by atoms with Crippen molar-refractivity contribution in [1.29, 1.82) is 0 Å². The van der Waals surface area contributed by atoms with E-state index in [2.05, 4.69) is 10.6 Å². The third-order valence-electron chi connectivity index (χ3n) is 10.9. The summed E-state index contributed by atoms with van der Waals surface area (Å²) in [5.41, 5.74) is -0.119. The summed E-state index contributed by atoms with van der Waals surface area (Å²) in [4.78, 5) is 37.4. The van der Waals surface area contributed by atoms with Crippen molar-refractivity contribution < 1.29 is 59.2 Å². The Morgan fingerprint density at radius 3 is 2.32 bits per heavy atom. The summed E-state index contributed by atoms with van der Waals surface area (Å²) in [6, 6.07) is 0. The van der Waals surface area contributed by atoms with Gasteiger partial charge in [0.25, 0.3) is 5.91 Å². The molecular weight excluding hydrogens is 736 g/mol. The minimum Gasteiger partial charge on any atom is -0.507 e. The average molecular weight is 799 g/mol. The van der Waals surface area contributed by atoms with Gasteiger partial charge in [-0.25, -0.2) is 0 Å². The number of carbonyl (C=O) groups excluding carboxylic acids is 3. The van der Waals surface area contributed by atoms with Crippen LogP contribution in [0.25, 0.3) is 0 Å². The molecule has 0 bridgehead atoms. The molecule has 0 saturated carbocycles. The van der Waals surface area contributed by atoms with Gasteiger partial charge in [0.15, 0.2) is 5.78 Å². The summed E-state index contributed by atoms with van der Waals surface area (Å²) in [5, 5.41) is 70.9. The molecular formula is C43H62N2O12. The van der Waals surface area contributed by atoms with Crippen LogP contribution < -0.4 is 10.6 Å². The van der Waals surface area contributed by atoms with Crippen LogP contribution in [0.1, 0.15) is 61.3 Å². The molecule has 8 N–H and O–H groups in total. The second-order valence-corrected chi connectivity index (χ2v) is 15.3. The van der Waals surface area contributed by atoms with Crippen LogP contribution in [0, 0.1) is 17.3 Å². The Balaban J connectivity index is 1.60. The van der Waals surface area contributed by atoms with E-state index in [9.17, 15) is 45.0 Å². The zero-order valence-electron chi connectivity index (χ0n) is 34.2. The maximum Gasteiger partial charge on any atom is 0.258 e. The molecule has 3 aliphatic rings. The van der Waals surface area contributed by atoms with Crippen molar-refractivity contribution in [3.63, 3.8) is 0 Å². The zero-order valence-corrected chi connectivity index (χ0v) is 34.2. The van der Waals surface area contributed by atoms with E-state index in [1.165, 1.54) is 13.2 Å². The van der Waals surface area contributed by atoms with Crippen LogP contribution in [0.4, 0.5) is 0 Å². The number of piperidine rings is 1. The van der Waals surface area contributed by atoms with Gasteiger partial charge >= 0.3 is 0 Å². The molecule has 0 aromatic rings. The van der Waals surface area contributed by atoms with Crippen LogP contribution in [-0.2, 0) is 28.6 Å². The second-order valence-electron chi connectivity index (χ2n) is 15.3. The Morgan fingerprint density at radius 1 is 1.00 bits per heavy atom. The van der Waals surface area contributed by atoms with E-state index < -0.39 is 89.5 Å². The van der Waals surface area contributed by atoms with E-state index >= 15 is 0 Å². The molecule has 0 aromatic heterocycles. The van der Waals surface area contributed by atoms with Crippen molar-refractivity contribution in [2.24, 2.45) is 17.3 Å². The number of hydrogen-bond donors (Lipinski definition) is 8. The third-order valence-corrected chi connectivity index (χ3v) is 10.9. The standard InChI is InChI=1S/C43H62N2O12/c1-9-11-13-21-31-42(6,7)38(50)39(51)43(54,57-31)28(10-2)40(52)44-23-17-16-19-26(4)36(55-8)27(5)37-35(49)34(48)30(56-37)20-15-12-14-18-25(3)33(47)32-29(46)22-24-45-41(32)53/h9,11-21,27-28,30-31,34-39,47-51,54H,10,22-24H2,1-8H3,(H,44,52)(H,45,53)/b11-9-,14-12+,17-16+,20-15+,21-13+,25-18+,26-19+,33-32?/t27-,28-,30?,31?,34+,35+,36-,37?,38?,39?,43?/m1/s1. The monoisotopic (exact) mass is 798 g/mol. The second kappa shape index (κ2) is 21.1. The number of Topliss-reactive ketones (excluding diaryl/α,β-unsaturated/α-hetero) is 1. The maximum absolute atomic E-state index is 13.3. The number of aliphatic hydroxyl groups excluding tert-OH is 5. The van der Waals surface area contributed by atoms with Crippen molar-refractivity contribution >= 4 is 17.6 Å². The molecule has 6 unspecified atom stereocenters. The molecule has 3 saturated heterocycles. The lowest BCUT2D eigenvalue weighted by molar-refractivity contribution is -0.359. The van der Waals surface area contributed by atoms with Crippen LogP contribution >= 0.6 is 0 Å². The number of methoxy groups -OCH3 is 1. The molecule has 3 fully saturated rings. The average Bonchev–Trinajstić information content (AvgIpc) is 3.45. The highest BCUT2D eigenvalue weighted by molar-refractivity contribution is 6.21. The predicted molar refractivity (Wildman–Crippen MR) is 214 cm³/mol. The fourth-order valence-electron chi connectivity index (χ4n) is 7.30. The van der Waals surface area contributed by atoms with Crippen molar-refractivity contribution in [3.05, 3.63) is 95.4 Å². The van der Waals surface area contributed by atoms with Gasteiger partial charge in [-0.15, -0.1) is 0 Å². The molecule has 2 amide bonds. The number of hydrogen-bond acceptors (Lipinski definition) is 12. The van der Waals surface area contributed by atoms with Crippen LogP contribution in [0.2, 0.25) is 0 Å². The van der Waals surface area contributed by atoms with Crippen molar-refractivity contribution in [1.82, 2.24) is 10.6 Å². The van der Waals surface area contributed by atoms with Gasteiger partial charge in [-0.05, 0) is 38.3 Å². The van der Waals surface area contributed by atoms with E-state index in [0.717, 1.165) is 5.57 Å². The van der Waals surface area contributed by atoms with Crippen molar-refractivity contribution in [2.75, 3.05) is 20.2 Å². The molecule has 0 radical (unpaired) electrons. The highest BCUT2D eigenvalue weighted by Gasteiger charge is 2.60. The summed E-state index contributed by atoms with van der Waals surface area (Å²) in [5.74, 6) is -5.91. The Bertz CT molecular complexity index is 1650. The lowest BCUT2D eigenvalue weighted by Crippen LogP contribution is -2.69. The van der Waals surface area contributed by atoms with Crippen LogP contribution in [0.15, 0.2) is 95.4 Å². The molecule has 14 nitrogen and oxygen atoms in total. The van der Waals surface area contributed by atoms with E-state index in [0.29, 0.717) is 5.57 Å². The number of carbonyl (C=O) groups is 3. The number of rotatable bonds is 16. The molecule has 11 atom stereocenters. The van der Waals surface area contributed by atoms with E-state index in [-0.39, 0.29) is 37.3 Å². The van der Waals surface area contributed by atoms with Crippen molar-refractivity contribution in [2.45, 2.75) is 116 Å². The zero-order chi connectivity index (χ0) is 42.7. The lowest BCUT2D eigenvalue weighted by atomic mass is 9.71. The molecule has 3 rings (SSSR count). The van der Waals surface area contributed by atoms with Gasteiger partial charge in [0.1, 0.15) is 35.7 Å². The van der Waals surface area contributed by atoms with Crippen LogP contribution in [-0.4, -0.2) is 123 Å². The molecule has 316 valence electrons. The predicted octanol–water partition coefficient (Wildman–Crippen LogP) is 2.70. The Hall–Kier alpha value is -3.99. The molecule has 0 aliphatic carbocycles. The first-order valence-corrected chi connectivity index (χ1v) is 19.4. The fourth-order valence-corrected chi connectivity index (χ4v) is 7.30. The van der Waals surface area contributed by atoms with Gasteiger partial charge in [-0.3, -0.25) is 14.4 Å². The largest absolute Gasteiger partial charge is 0.507 e. The molecule has 3 aliphatic heterocycles. The highest BCUT2D eigenvalue weighted by atomic mass is 16.7. The van der Waals surface area contributed by atoms with Gasteiger partial charge in [-0.2, -0.15) is 0 Å². The minimum atomic E-state index is -2.34. The highest BCUT2D eigenvalue weighted by Crippen LogP contribution is 2.44. The smallest absolute Gasteiger partial charge is 0.258 e. The van der Waals surface area contributed by atoms with E-state index in [1.54, 1.807) is 88.5 Å². The Kier molecular flexibility index (Phi) is 17.6. The topological polar surface area (TPSA) is 224 Å². The molecule has 3 heterocycles. The van der Waals surface area contributed by atoms with Crippen LogP contribution in [0.3, 0.4) is 0 Å². The summed E-state index contributed by atoms with van der Waals surface area (Å²) in [7, 11) is 1.53. The van der Waals surface area contributed by atoms with Gasteiger partial charge in [0.05, 0.1) is 30.3 Å². The first-order chi connectivity index (χ1) is 26.9. The summed E-state index contributed by atoms with van der Waals surface area (Å²) in [6.45, 7) is 12.5. The molecule has 0 aromatic carbocycles. The van der Waals surface area contributed by atoms with E-state index in [4.69, 9.17) is 14.2 Å². The van der Waals surface area contributed by atoms with Gasteiger partial charge in [0, 0.05) is 38.0 Å². The van der Waals surface area contributed by atoms with Crippen molar-refractivity contribution in [3.8, 4) is 0 Å². The third kappa shape index (κ3) is 11.1. The minimum absolute atomic E-state index is 0.0847. The lowest BCUT2D eigenvalue weighted by Gasteiger charge is -2.53. The summed E-state index contributed by atoms with van der Waals surface area (Å²) >= 11 is 0. The quantitative estimate of drug-likeness (QED) is 0.0489. The van der Waals surface area contributed by atoms with E-state index in [1.807, 2.05) is 26.8 Å². The number of ketones is 1. The maximum atomic E-state index is 13.3. The van der Waals surface area contributed by atoms with Gasteiger partial charge < -0.3 is 55.5 Å². The number of amides is 2. The number of ether oxygens (including phenoxy) is 3. The first kappa shape index (κ1) is 47.4. The normalized spacial score (nSPS) is 32.8. The summed E-state index contributed by atoms with van der Waals surface area (Å²) in [6.07, 6.45) is 11.9. The Labute approximate surface area is 335 Å². The molecule has 57 heavy (non-hydrogen) atoms. The van der Waals surface area contributed by atoms with Gasteiger partial charge in [-0.1, -0.05) is 101 Å². The molecule has 0 spiro atoms.